The molecule has 0 atom stereocenters. The molecule has 0 saturated carbocycles. The molecule has 0 spiro atoms. The second-order valence-electron chi connectivity index (χ2n) is 7.78. The number of aryl methyl sites for hydroxylation is 1. The first-order valence-corrected chi connectivity index (χ1v) is 10.9. The fourth-order valence-corrected chi connectivity index (χ4v) is 3.77. The van der Waals surface area contributed by atoms with Crippen LogP contribution in [-0.2, 0) is 17.8 Å². The van der Waals surface area contributed by atoms with Crippen molar-refractivity contribution in [3.63, 3.8) is 0 Å². The summed E-state index contributed by atoms with van der Waals surface area (Å²) in [6, 6.07) is 19.9. The number of piperidine rings is 1. The van der Waals surface area contributed by atoms with Crippen LogP contribution in [0.15, 0.2) is 67.0 Å². The van der Waals surface area contributed by atoms with Crippen LogP contribution < -0.4 is 15.0 Å². The summed E-state index contributed by atoms with van der Waals surface area (Å²) in [5.41, 5.74) is 2.39. The number of rotatable bonds is 7. The summed E-state index contributed by atoms with van der Waals surface area (Å²) in [5.74, 6) is 2.28. The Morgan fingerprint density at radius 2 is 1.77 bits per heavy atom. The van der Waals surface area contributed by atoms with Crippen LogP contribution in [0.2, 0.25) is 0 Å². The Kier molecular flexibility index (Phi) is 6.77. The minimum Gasteiger partial charge on any atom is -0.439 e. The highest BCUT2D eigenvalue weighted by atomic mass is 16.5. The predicted molar refractivity (Wildman–Crippen MR) is 121 cm³/mol. The third kappa shape index (κ3) is 5.60. The molecular weight excluding hydrogens is 388 g/mol. The number of aromatic nitrogens is 2. The monoisotopic (exact) mass is 416 g/mol. The minimum absolute atomic E-state index is 0.0367. The number of hydrogen-bond donors (Lipinski definition) is 1. The molecule has 6 heteroatoms. The van der Waals surface area contributed by atoms with E-state index in [1.165, 1.54) is 11.9 Å². The Labute approximate surface area is 183 Å². The van der Waals surface area contributed by atoms with Gasteiger partial charge >= 0.3 is 0 Å². The molecule has 2 heterocycles. The Balaban J connectivity index is 1.30. The zero-order valence-corrected chi connectivity index (χ0v) is 17.8. The molecule has 0 unspecified atom stereocenters. The molecular formula is C25H28N4O2. The van der Waals surface area contributed by atoms with Gasteiger partial charge in [-0.25, -0.2) is 9.97 Å². The molecule has 1 aromatic heterocycles. The maximum atomic E-state index is 12.5. The number of amides is 1. The van der Waals surface area contributed by atoms with Crippen LogP contribution >= 0.6 is 0 Å². The van der Waals surface area contributed by atoms with Gasteiger partial charge in [0.25, 0.3) is 0 Å². The molecule has 6 nitrogen and oxygen atoms in total. The van der Waals surface area contributed by atoms with Gasteiger partial charge in [-0.2, -0.15) is 0 Å². The highest BCUT2D eigenvalue weighted by Crippen LogP contribution is 2.26. The highest BCUT2D eigenvalue weighted by Gasteiger charge is 2.25. The molecule has 0 radical (unpaired) electrons. The van der Waals surface area contributed by atoms with Gasteiger partial charge in [-0.1, -0.05) is 49.4 Å². The average molecular weight is 417 g/mol. The largest absolute Gasteiger partial charge is 0.439 e. The summed E-state index contributed by atoms with van der Waals surface area (Å²) in [4.78, 5) is 23.4. The van der Waals surface area contributed by atoms with Gasteiger partial charge in [0.1, 0.15) is 17.9 Å². The smallest absolute Gasteiger partial charge is 0.224 e. The van der Waals surface area contributed by atoms with Gasteiger partial charge in [0.2, 0.25) is 11.8 Å². The van der Waals surface area contributed by atoms with E-state index in [2.05, 4.69) is 39.2 Å². The molecule has 1 N–H and O–H groups in total. The first-order valence-electron chi connectivity index (χ1n) is 10.9. The van der Waals surface area contributed by atoms with Gasteiger partial charge < -0.3 is 15.0 Å². The van der Waals surface area contributed by atoms with Gasteiger partial charge in [0.05, 0.1) is 0 Å². The molecule has 31 heavy (non-hydrogen) atoms. The predicted octanol–water partition coefficient (Wildman–Crippen LogP) is 4.36. The van der Waals surface area contributed by atoms with Crippen molar-refractivity contribution in [2.45, 2.75) is 32.7 Å². The van der Waals surface area contributed by atoms with Crippen molar-refractivity contribution < 1.29 is 9.53 Å². The van der Waals surface area contributed by atoms with Crippen molar-refractivity contribution in [3.05, 3.63) is 78.1 Å². The van der Waals surface area contributed by atoms with Crippen molar-refractivity contribution >= 4 is 11.7 Å². The summed E-state index contributed by atoms with van der Waals surface area (Å²) in [6.45, 7) is 4.27. The number of benzene rings is 2. The summed E-state index contributed by atoms with van der Waals surface area (Å²) in [5, 5.41) is 3.06. The molecule has 1 aliphatic rings. The van der Waals surface area contributed by atoms with Crippen LogP contribution in [0.4, 0.5) is 5.82 Å². The van der Waals surface area contributed by atoms with Crippen LogP contribution in [-0.4, -0.2) is 29.0 Å². The third-order valence-electron chi connectivity index (χ3n) is 5.68. The van der Waals surface area contributed by atoms with Crippen molar-refractivity contribution in [2.24, 2.45) is 5.92 Å². The number of hydrogen-bond acceptors (Lipinski definition) is 5. The number of carbonyl (C=O) groups excluding carboxylic acids is 1. The van der Waals surface area contributed by atoms with Crippen LogP contribution in [0.5, 0.6) is 11.6 Å². The minimum atomic E-state index is 0.0367. The number of anilines is 1. The SMILES string of the molecule is CCc1ccc(Oc2cc(N3CCC(C(=O)NCc4ccccc4)CC3)ncn2)cc1. The normalized spacial score (nSPS) is 14.3. The number of ether oxygens (including phenoxy) is 1. The average Bonchev–Trinajstić information content (AvgIpc) is 2.84. The standard InChI is InChI=1S/C25H28N4O2/c1-2-19-8-10-22(11-9-19)31-24-16-23(27-18-28-24)29-14-12-21(13-15-29)25(30)26-17-20-6-4-3-5-7-20/h3-11,16,18,21H,2,12-15,17H2,1H3,(H,26,30). The molecule has 1 amide bonds. The Morgan fingerprint density at radius 3 is 2.48 bits per heavy atom. The van der Waals surface area contributed by atoms with Crippen LogP contribution in [0.25, 0.3) is 0 Å². The molecule has 3 aromatic rings. The lowest BCUT2D eigenvalue weighted by molar-refractivity contribution is -0.125. The fraction of sp³-hybridized carbons (Fsp3) is 0.320. The van der Waals surface area contributed by atoms with Crippen LogP contribution in [0.1, 0.15) is 30.9 Å². The summed E-state index contributed by atoms with van der Waals surface area (Å²) in [6.07, 6.45) is 4.14. The van der Waals surface area contributed by atoms with Crippen molar-refractivity contribution in [3.8, 4) is 11.6 Å². The molecule has 0 bridgehead atoms. The summed E-state index contributed by atoms with van der Waals surface area (Å²) in [7, 11) is 0. The van der Waals surface area contributed by atoms with Crippen molar-refractivity contribution in [1.82, 2.24) is 15.3 Å². The zero-order valence-electron chi connectivity index (χ0n) is 17.8. The lowest BCUT2D eigenvalue weighted by atomic mass is 9.96. The zero-order chi connectivity index (χ0) is 21.5. The first kappa shape index (κ1) is 20.8. The van der Waals surface area contributed by atoms with Crippen molar-refractivity contribution in [2.75, 3.05) is 18.0 Å². The molecule has 2 aromatic carbocycles. The number of nitrogens with zero attached hydrogens (tertiary/aromatic N) is 3. The third-order valence-corrected chi connectivity index (χ3v) is 5.68. The van der Waals surface area contributed by atoms with Gasteiger partial charge in [0, 0.05) is 31.6 Å². The number of nitrogens with one attached hydrogen (secondary N) is 1. The Morgan fingerprint density at radius 1 is 1.03 bits per heavy atom. The molecule has 1 fully saturated rings. The van der Waals surface area contributed by atoms with E-state index < -0.39 is 0 Å². The van der Waals surface area contributed by atoms with E-state index in [0.717, 1.165) is 49.5 Å². The second kappa shape index (κ2) is 10.1. The molecule has 1 aliphatic heterocycles. The fourth-order valence-electron chi connectivity index (χ4n) is 3.77. The van der Waals surface area contributed by atoms with Gasteiger partial charge in [0.15, 0.2) is 0 Å². The highest BCUT2D eigenvalue weighted by molar-refractivity contribution is 5.79. The van der Waals surface area contributed by atoms with E-state index in [9.17, 15) is 4.79 Å². The van der Waals surface area contributed by atoms with E-state index >= 15 is 0 Å². The lowest BCUT2D eigenvalue weighted by Crippen LogP contribution is -2.40. The van der Waals surface area contributed by atoms with Crippen LogP contribution in [0, 0.1) is 5.92 Å². The summed E-state index contributed by atoms with van der Waals surface area (Å²) >= 11 is 0. The summed E-state index contributed by atoms with van der Waals surface area (Å²) < 4.78 is 5.90. The van der Waals surface area contributed by atoms with E-state index in [4.69, 9.17) is 4.74 Å². The number of carbonyl (C=O) groups is 1. The maximum Gasteiger partial charge on any atom is 0.224 e. The quantitative estimate of drug-likeness (QED) is 0.620. The molecule has 4 rings (SSSR count). The molecule has 160 valence electrons. The Hall–Kier alpha value is -3.41. The molecule has 0 aliphatic carbocycles. The van der Waals surface area contributed by atoms with Crippen LogP contribution in [0.3, 0.4) is 0 Å². The van der Waals surface area contributed by atoms with E-state index in [-0.39, 0.29) is 11.8 Å². The van der Waals surface area contributed by atoms with E-state index in [1.54, 1.807) is 0 Å². The van der Waals surface area contributed by atoms with Gasteiger partial charge in [-0.05, 0) is 42.5 Å². The second-order valence-corrected chi connectivity index (χ2v) is 7.78. The Bertz CT molecular complexity index is 984. The maximum absolute atomic E-state index is 12.5. The lowest BCUT2D eigenvalue weighted by Gasteiger charge is -2.32. The van der Waals surface area contributed by atoms with Gasteiger partial charge in [-0.3, -0.25) is 4.79 Å². The van der Waals surface area contributed by atoms with E-state index in [1.807, 2.05) is 48.5 Å². The topological polar surface area (TPSA) is 67.3 Å². The van der Waals surface area contributed by atoms with Gasteiger partial charge in [-0.15, -0.1) is 0 Å². The first-order chi connectivity index (χ1) is 15.2. The van der Waals surface area contributed by atoms with Crippen molar-refractivity contribution in [1.29, 1.82) is 0 Å². The molecule has 1 saturated heterocycles. The van der Waals surface area contributed by atoms with E-state index in [0.29, 0.717) is 12.4 Å².